The van der Waals surface area contributed by atoms with Crippen molar-refractivity contribution >= 4 is 30.2 Å². The van der Waals surface area contributed by atoms with E-state index in [1.54, 1.807) is 6.92 Å². The summed E-state index contributed by atoms with van der Waals surface area (Å²) >= 11 is 0. The molecule has 0 aliphatic heterocycles. The summed E-state index contributed by atoms with van der Waals surface area (Å²) in [6, 6.07) is 8.83. The number of aryl methyl sites for hydroxylation is 1. The van der Waals surface area contributed by atoms with Crippen LogP contribution in [0.15, 0.2) is 34.9 Å². The summed E-state index contributed by atoms with van der Waals surface area (Å²) in [6.45, 7) is 1.77. The highest BCUT2D eigenvalue weighted by molar-refractivity contribution is 5.94. The molecular weight excluding hydrogens is 346 g/mol. The lowest BCUT2D eigenvalue weighted by atomic mass is 10.1. The van der Waals surface area contributed by atoms with E-state index in [1.807, 2.05) is 30.3 Å². The van der Waals surface area contributed by atoms with Crippen LogP contribution in [0.4, 0.5) is 5.88 Å². The van der Waals surface area contributed by atoms with Crippen molar-refractivity contribution in [1.29, 1.82) is 0 Å². The normalized spacial score (nSPS) is 11.3. The number of benzene rings is 1. The van der Waals surface area contributed by atoms with E-state index in [2.05, 4.69) is 15.2 Å². The summed E-state index contributed by atoms with van der Waals surface area (Å²) in [5.41, 5.74) is 8.20. The van der Waals surface area contributed by atoms with Gasteiger partial charge in [-0.05, 0) is 18.9 Å². The van der Waals surface area contributed by atoms with Gasteiger partial charge >= 0.3 is 5.97 Å². The van der Waals surface area contributed by atoms with Crippen molar-refractivity contribution in [2.24, 2.45) is 5.73 Å². The first kappa shape index (κ1) is 20.7. The molecule has 1 aromatic carbocycles. The molecule has 1 atom stereocenters. The van der Waals surface area contributed by atoms with Crippen LogP contribution in [-0.2, 0) is 27.2 Å². The molecule has 0 aliphatic rings. The number of carbonyl (C=O) groups excluding carboxylic acids is 2. The van der Waals surface area contributed by atoms with Gasteiger partial charge in [-0.2, -0.15) is 0 Å². The average molecular weight is 368 g/mol. The summed E-state index contributed by atoms with van der Waals surface area (Å²) in [7, 11) is 1.33. The molecule has 1 aromatic heterocycles. The SMILES string of the molecule is COC(=O)CCc1noc(NC(=O)[C@@H](N)Cc2ccccc2)c1C.Cl. The van der Waals surface area contributed by atoms with Crippen LogP contribution in [0.1, 0.15) is 23.2 Å². The number of ether oxygens (including phenoxy) is 1. The molecule has 2 aromatic rings. The topological polar surface area (TPSA) is 107 Å². The minimum atomic E-state index is -0.699. The van der Waals surface area contributed by atoms with Gasteiger partial charge in [-0.3, -0.25) is 14.9 Å². The molecule has 0 unspecified atom stereocenters. The first-order chi connectivity index (χ1) is 11.5. The molecule has 0 aliphatic carbocycles. The smallest absolute Gasteiger partial charge is 0.305 e. The number of hydrogen-bond acceptors (Lipinski definition) is 6. The third-order valence-electron chi connectivity index (χ3n) is 3.69. The Bertz CT molecular complexity index is 703. The lowest BCUT2D eigenvalue weighted by Gasteiger charge is -2.11. The number of nitrogens with two attached hydrogens (primary N) is 1. The summed E-state index contributed by atoms with van der Waals surface area (Å²) in [6.07, 6.45) is 1.01. The molecular formula is C17H22ClN3O4. The molecule has 25 heavy (non-hydrogen) atoms. The van der Waals surface area contributed by atoms with Crippen LogP contribution in [0.25, 0.3) is 0 Å². The highest BCUT2D eigenvalue weighted by atomic mass is 35.5. The van der Waals surface area contributed by atoms with Gasteiger partial charge in [-0.25, -0.2) is 0 Å². The standard InChI is InChI=1S/C17H21N3O4.ClH/c1-11-14(8-9-15(21)23-2)20-24-17(11)19-16(22)13(18)10-12-6-4-3-5-7-12;/h3-7,13H,8-10,18H2,1-2H3,(H,19,22);1H/t13-;/m0./s1. The monoisotopic (exact) mass is 367 g/mol. The largest absolute Gasteiger partial charge is 0.469 e. The number of hydrogen-bond donors (Lipinski definition) is 2. The lowest BCUT2D eigenvalue weighted by Crippen LogP contribution is -2.37. The lowest BCUT2D eigenvalue weighted by molar-refractivity contribution is -0.140. The van der Waals surface area contributed by atoms with Crippen molar-refractivity contribution in [1.82, 2.24) is 5.16 Å². The fourth-order valence-corrected chi connectivity index (χ4v) is 2.21. The van der Waals surface area contributed by atoms with E-state index in [9.17, 15) is 9.59 Å². The van der Waals surface area contributed by atoms with Crippen LogP contribution < -0.4 is 11.1 Å². The van der Waals surface area contributed by atoms with E-state index in [1.165, 1.54) is 7.11 Å². The Morgan fingerprint density at radius 1 is 1.32 bits per heavy atom. The van der Waals surface area contributed by atoms with Crippen LogP contribution in [0, 0.1) is 6.92 Å². The predicted molar refractivity (Wildman–Crippen MR) is 95.6 cm³/mol. The van der Waals surface area contributed by atoms with Crippen LogP contribution >= 0.6 is 12.4 Å². The van der Waals surface area contributed by atoms with Crippen LogP contribution in [-0.4, -0.2) is 30.2 Å². The zero-order chi connectivity index (χ0) is 17.5. The third-order valence-corrected chi connectivity index (χ3v) is 3.69. The maximum atomic E-state index is 12.2. The van der Waals surface area contributed by atoms with E-state index in [0.717, 1.165) is 5.56 Å². The summed E-state index contributed by atoms with van der Waals surface area (Å²) in [5.74, 6) is -0.422. The van der Waals surface area contributed by atoms with Crippen molar-refractivity contribution in [3.63, 3.8) is 0 Å². The predicted octanol–water partition coefficient (Wildman–Crippen LogP) is 2.02. The number of carbonyl (C=O) groups is 2. The first-order valence-corrected chi connectivity index (χ1v) is 7.63. The molecule has 0 bridgehead atoms. The van der Waals surface area contributed by atoms with Gasteiger partial charge in [0.15, 0.2) is 0 Å². The number of nitrogens with zero attached hydrogens (tertiary/aromatic N) is 1. The third kappa shape index (κ3) is 5.88. The highest BCUT2D eigenvalue weighted by Gasteiger charge is 2.19. The van der Waals surface area contributed by atoms with E-state index < -0.39 is 6.04 Å². The van der Waals surface area contributed by atoms with Crippen molar-refractivity contribution in [2.45, 2.75) is 32.2 Å². The van der Waals surface area contributed by atoms with Gasteiger partial charge in [0.2, 0.25) is 11.8 Å². The summed E-state index contributed by atoms with van der Waals surface area (Å²) < 4.78 is 9.73. The Kier molecular flexibility index (Phi) is 8.10. The summed E-state index contributed by atoms with van der Waals surface area (Å²) in [4.78, 5) is 23.4. The molecule has 7 nitrogen and oxygen atoms in total. The second kappa shape index (κ2) is 9.80. The molecule has 8 heteroatoms. The van der Waals surface area contributed by atoms with E-state index in [0.29, 0.717) is 24.1 Å². The molecule has 0 radical (unpaired) electrons. The number of halogens is 1. The van der Waals surface area contributed by atoms with Gasteiger partial charge in [0.05, 0.1) is 25.3 Å². The number of amides is 1. The average Bonchev–Trinajstić information content (AvgIpc) is 2.93. The first-order valence-electron chi connectivity index (χ1n) is 7.63. The number of aromatic nitrogens is 1. The van der Waals surface area contributed by atoms with Crippen molar-refractivity contribution in [3.8, 4) is 0 Å². The zero-order valence-corrected chi connectivity index (χ0v) is 15.0. The van der Waals surface area contributed by atoms with E-state index in [-0.39, 0.29) is 36.6 Å². The summed E-state index contributed by atoms with van der Waals surface area (Å²) in [5, 5.41) is 6.52. The van der Waals surface area contributed by atoms with Gasteiger partial charge in [0, 0.05) is 12.0 Å². The minimum absolute atomic E-state index is 0. The van der Waals surface area contributed by atoms with Crippen LogP contribution in [0.5, 0.6) is 0 Å². The molecule has 0 spiro atoms. The number of rotatable bonds is 7. The van der Waals surface area contributed by atoms with Gasteiger partial charge < -0.3 is 15.0 Å². The molecule has 136 valence electrons. The fourth-order valence-electron chi connectivity index (χ4n) is 2.21. The number of nitrogens with one attached hydrogen (secondary N) is 1. The van der Waals surface area contributed by atoms with Crippen LogP contribution in [0.3, 0.4) is 0 Å². The van der Waals surface area contributed by atoms with Crippen molar-refractivity contribution in [2.75, 3.05) is 12.4 Å². The molecule has 2 rings (SSSR count). The molecule has 1 heterocycles. The number of esters is 1. The second-order valence-electron chi connectivity index (χ2n) is 5.44. The Hall–Kier alpha value is -2.38. The maximum Gasteiger partial charge on any atom is 0.305 e. The number of anilines is 1. The van der Waals surface area contributed by atoms with E-state index >= 15 is 0 Å². The minimum Gasteiger partial charge on any atom is -0.469 e. The maximum absolute atomic E-state index is 12.2. The Balaban J connectivity index is 0.00000312. The van der Waals surface area contributed by atoms with Gasteiger partial charge in [0.25, 0.3) is 0 Å². The van der Waals surface area contributed by atoms with Crippen molar-refractivity contribution in [3.05, 3.63) is 47.2 Å². The van der Waals surface area contributed by atoms with Crippen molar-refractivity contribution < 1.29 is 18.8 Å². The molecule has 3 N–H and O–H groups in total. The second-order valence-corrected chi connectivity index (χ2v) is 5.44. The zero-order valence-electron chi connectivity index (χ0n) is 14.2. The van der Waals surface area contributed by atoms with Crippen LogP contribution in [0.2, 0.25) is 0 Å². The fraction of sp³-hybridized carbons (Fsp3) is 0.353. The van der Waals surface area contributed by atoms with Gasteiger partial charge in [-0.15, -0.1) is 12.4 Å². The van der Waals surface area contributed by atoms with E-state index in [4.69, 9.17) is 10.3 Å². The molecule has 0 saturated carbocycles. The Morgan fingerprint density at radius 3 is 2.64 bits per heavy atom. The molecule has 1 amide bonds. The quantitative estimate of drug-likeness (QED) is 0.725. The molecule has 0 saturated heterocycles. The Morgan fingerprint density at radius 2 is 2.00 bits per heavy atom. The number of methoxy groups -OCH3 is 1. The molecule has 0 fully saturated rings. The van der Waals surface area contributed by atoms with Gasteiger partial charge in [-0.1, -0.05) is 35.5 Å². The Labute approximate surface area is 152 Å². The van der Waals surface area contributed by atoms with Gasteiger partial charge in [0.1, 0.15) is 0 Å². The highest BCUT2D eigenvalue weighted by Crippen LogP contribution is 2.20.